The minimum atomic E-state index is -1.33. The fourth-order valence-electron chi connectivity index (χ4n) is 2.67. The molecule has 0 radical (unpaired) electrons. The molecule has 2 amide bonds. The van der Waals surface area contributed by atoms with E-state index in [-0.39, 0.29) is 11.5 Å². The number of ether oxygens (including phenoxy) is 3. The number of urea groups is 1. The first-order valence-corrected chi connectivity index (χ1v) is 9.44. The van der Waals surface area contributed by atoms with Crippen molar-refractivity contribution >= 4 is 22.2 Å². The van der Waals surface area contributed by atoms with Gasteiger partial charge >= 0.3 is 12.0 Å². The number of methoxy groups -OCH3 is 3. The number of carbonyl (C=O) groups excluding carboxylic acids is 2. The minimum Gasteiger partial charge on any atom is -0.500 e. The molecule has 0 heterocycles. The van der Waals surface area contributed by atoms with Crippen molar-refractivity contribution in [1.29, 1.82) is 0 Å². The second kappa shape index (κ2) is 11.1. The van der Waals surface area contributed by atoms with Crippen molar-refractivity contribution in [2.24, 2.45) is 11.7 Å². The van der Waals surface area contributed by atoms with Crippen molar-refractivity contribution in [2.45, 2.75) is 44.9 Å². The highest BCUT2D eigenvalue weighted by atomic mass is 28.1. The van der Waals surface area contributed by atoms with Gasteiger partial charge in [0, 0.05) is 36.8 Å². The van der Waals surface area contributed by atoms with Gasteiger partial charge in [0.05, 0.1) is 7.11 Å². The number of hydrogen-bond donors (Lipinski definition) is 2. The zero-order chi connectivity index (χ0) is 18.8. The first-order chi connectivity index (χ1) is 11.4. The van der Waals surface area contributed by atoms with E-state index in [2.05, 4.69) is 0 Å². The molecule has 140 valence electrons. The van der Waals surface area contributed by atoms with Crippen LogP contribution < -0.4 is 11.2 Å². The Kier molecular flexibility index (Phi) is 10.3. The minimum absolute atomic E-state index is 0.0272. The molecule has 0 aromatic heterocycles. The lowest BCUT2D eigenvalue weighted by atomic mass is 9.93. The van der Waals surface area contributed by atoms with Crippen LogP contribution in [0.2, 0.25) is 6.04 Å². The summed E-state index contributed by atoms with van der Waals surface area (Å²) in [6.45, 7) is 3.95. The van der Waals surface area contributed by atoms with E-state index in [1.54, 1.807) is 0 Å². The van der Waals surface area contributed by atoms with Crippen molar-refractivity contribution in [1.82, 2.24) is 5.48 Å². The summed E-state index contributed by atoms with van der Waals surface area (Å²) in [5, 5.41) is 0. The van der Waals surface area contributed by atoms with Gasteiger partial charge in [0.25, 0.3) is 0 Å². The Morgan fingerprint density at radius 3 is 2.12 bits per heavy atom. The quantitative estimate of drug-likeness (QED) is 0.194. The molecule has 0 saturated heterocycles. The van der Waals surface area contributed by atoms with Crippen molar-refractivity contribution in [3.8, 4) is 0 Å². The molecule has 24 heavy (non-hydrogen) atoms. The lowest BCUT2D eigenvalue weighted by molar-refractivity contribution is -0.194. The van der Waals surface area contributed by atoms with Crippen LogP contribution in [-0.4, -0.2) is 49.4 Å². The van der Waals surface area contributed by atoms with Gasteiger partial charge in [0.15, 0.2) is 0 Å². The van der Waals surface area contributed by atoms with Crippen LogP contribution in [0, 0.1) is 5.92 Å². The van der Waals surface area contributed by atoms with Gasteiger partial charge in [-0.3, -0.25) is 0 Å². The van der Waals surface area contributed by atoms with Gasteiger partial charge in [0.1, 0.15) is 11.3 Å². The van der Waals surface area contributed by atoms with Crippen LogP contribution >= 0.6 is 0 Å². The number of amides is 2. The van der Waals surface area contributed by atoms with E-state index in [0.717, 1.165) is 22.7 Å². The fourth-order valence-corrected chi connectivity index (χ4v) is 3.62. The highest BCUT2D eigenvalue weighted by molar-refractivity contribution is 6.08. The average molecular weight is 362 g/mol. The number of carbonyl (C=O) groups is 2. The first-order valence-electron chi connectivity index (χ1n) is 8.02. The Morgan fingerprint density at radius 2 is 1.79 bits per heavy atom. The topological polar surface area (TPSA) is 109 Å². The molecule has 3 N–H and O–H groups in total. The number of rotatable bonds is 10. The smallest absolute Gasteiger partial charge is 0.367 e. The van der Waals surface area contributed by atoms with Crippen LogP contribution in [0.5, 0.6) is 0 Å². The molecular formula is C15H30N2O6Si. The monoisotopic (exact) mass is 362 g/mol. The van der Waals surface area contributed by atoms with Crippen molar-refractivity contribution in [2.75, 3.05) is 21.3 Å². The molecule has 9 heteroatoms. The van der Waals surface area contributed by atoms with Crippen LogP contribution in [0.1, 0.15) is 33.1 Å². The number of nitrogens with two attached hydrogens (primary N) is 1. The number of primary amides is 1. The SMILES string of the molecule is CCCC(OC)(OC)C(C(=O)ONC(N)=O)=C(OC)C(CC)C[SiH3]. The van der Waals surface area contributed by atoms with Gasteiger partial charge in [-0.05, 0) is 6.42 Å². The molecule has 0 aliphatic rings. The molecule has 0 aliphatic heterocycles. The predicted molar refractivity (Wildman–Crippen MR) is 93.0 cm³/mol. The first kappa shape index (κ1) is 22.4. The van der Waals surface area contributed by atoms with Gasteiger partial charge in [-0.25, -0.2) is 9.59 Å². The molecule has 1 unspecified atom stereocenters. The Hall–Kier alpha value is -1.58. The number of hydrogen-bond acceptors (Lipinski definition) is 6. The molecule has 1 atom stereocenters. The predicted octanol–water partition coefficient (Wildman–Crippen LogP) is 0.612. The Morgan fingerprint density at radius 1 is 1.21 bits per heavy atom. The summed E-state index contributed by atoms with van der Waals surface area (Å²) in [5.74, 6) is -1.68. The van der Waals surface area contributed by atoms with Gasteiger partial charge < -0.3 is 24.8 Å². The highest BCUT2D eigenvalue weighted by Crippen LogP contribution is 2.35. The molecule has 0 aliphatic carbocycles. The molecule has 0 aromatic rings. The van der Waals surface area contributed by atoms with E-state index in [1.807, 2.05) is 19.3 Å². The average Bonchev–Trinajstić information content (AvgIpc) is 2.58. The summed E-state index contributed by atoms with van der Waals surface area (Å²) in [7, 11) is 5.32. The zero-order valence-corrected chi connectivity index (χ0v) is 17.4. The lowest BCUT2D eigenvalue weighted by Crippen LogP contribution is -2.44. The fraction of sp³-hybridized carbons (Fsp3) is 0.733. The molecule has 0 fully saturated rings. The standard InChI is InChI=1S/C15H30N2O6Si/c1-6-8-15(21-4,22-5)11(13(18)23-17-14(16)19)12(20-3)10(7-2)9-24/h10H,6-9H2,1-5,24H3,(H3,16,17,19). The molecule has 0 bridgehead atoms. The van der Waals surface area contributed by atoms with Crippen LogP contribution in [0.3, 0.4) is 0 Å². The molecule has 0 spiro atoms. The van der Waals surface area contributed by atoms with Crippen LogP contribution in [-0.2, 0) is 23.8 Å². The largest absolute Gasteiger partial charge is 0.500 e. The highest BCUT2D eigenvalue weighted by Gasteiger charge is 2.43. The molecular weight excluding hydrogens is 332 g/mol. The summed E-state index contributed by atoms with van der Waals surface area (Å²) in [5.41, 5.74) is 6.91. The van der Waals surface area contributed by atoms with E-state index < -0.39 is 17.8 Å². The summed E-state index contributed by atoms with van der Waals surface area (Å²) >= 11 is 0. The third-order valence-corrected chi connectivity index (χ3v) is 4.88. The van der Waals surface area contributed by atoms with Crippen molar-refractivity contribution in [3.05, 3.63) is 11.3 Å². The number of nitrogens with one attached hydrogen (secondary N) is 1. The van der Waals surface area contributed by atoms with Crippen LogP contribution in [0.15, 0.2) is 11.3 Å². The second-order valence-corrected chi connectivity index (χ2v) is 6.04. The van der Waals surface area contributed by atoms with E-state index in [4.69, 9.17) is 24.8 Å². The lowest BCUT2D eigenvalue weighted by Gasteiger charge is -2.34. The summed E-state index contributed by atoms with van der Waals surface area (Å²) in [4.78, 5) is 28.3. The van der Waals surface area contributed by atoms with E-state index in [0.29, 0.717) is 18.6 Å². The number of allylic oxidation sites excluding steroid dienone is 1. The molecule has 0 saturated carbocycles. The van der Waals surface area contributed by atoms with Gasteiger partial charge in [-0.2, -0.15) is 5.48 Å². The van der Waals surface area contributed by atoms with Crippen molar-refractivity contribution < 1.29 is 28.6 Å². The zero-order valence-electron chi connectivity index (χ0n) is 15.4. The summed E-state index contributed by atoms with van der Waals surface area (Å²) in [6, 6.07) is -0.0949. The van der Waals surface area contributed by atoms with E-state index in [1.165, 1.54) is 21.3 Å². The normalized spacial score (nSPS) is 13.9. The Labute approximate surface area is 146 Å². The third-order valence-electron chi connectivity index (χ3n) is 3.89. The maximum atomic E-state index is 12.6. The van der Waals surface area contributed by atoms with Gasteiger partial charge in [-0.1, -0.05) is 26.3 Å². The number of hydroxylamine groups is 1. The second-order valence-electron chi connectivity index (χ2n) is 5.22. The third kappa shape index (κ3) is 5.50. The Bertz CT molecular complexity index is 447. The molecule has 0 aromatic carbocycles. The maximum Gasteiger partial charge on any atom is 0.367 e. The van der Waals surface area contributed by atoms with E-state index >= 15 is 0 Å². The van der Waals surface area contributed by atoms with Crippen molar-refractivity contribution in [3.63, 3.8) is 0 Å². The summed E-state index contributed by atoms with van der Waals surface area (Å²) < 4.78 is 16.6. The van der Waals surface area contributed by atoms with Gasteiger partial charge in [-0.15, -0.1) is 0 Å². The van der Waals surface area contributed by atoms with Crippen LogP contribution in [0.4, 0.5) is 4.79 Å². The molecule has 8 nitrogen and oxygen atoms in total. The van der Waals surface area contributed by atoms with Gasteiger partial charge in [0.2, 0.25) is 5.79 Å². The summed E-state index contributed by atoms with van der Waals surface area (Å²) in [6.07, 6.45) is 1.88. The Balaban J connectivity index is 6.23. The molecule has 0 rings (SSSR count). The maximum absolute atomic E-state index is 12.6. The van der Waals surface area contributed by atoms with E-state index in [9.17, 15) is 9.59 Å². The van der Waals surface area contributed by atoms with Crippen LogP contribution in [0.25, 0.3) is 0 Å².